The Morgan fingerprint density at radius 2 is 0.912 bits per heavy atom. The Morgan fingerprint density at radius 3 is 1.35 bits per heavy atom. The molecule has 0 amide bonds. The van der Waals surface area contributed by atoms with Crippen LogP contribution in [0.15, 0.2) is 47.5 Å². The van der Waals surface area contributed by atoms with Crippen LogP contribution in [0.4, 0.5) is 0 Å². The van der Waals surface area contributed by atoms with Crippen LogP contribution in [0.5, 0.6) is 0 Å². The summed E-state index contributed by atoms with van der Waals surface area (Å²) in [5.41, 5.74) is 23.7. The van der Waals surface area contributed by atoms with Gasteiger partial charge in [0.05, 0.1) is 0 Å². The first-order valence-corrected chi connectivity index (χ1v) is 13.5. The fraction of sp³-hybridized carbons (Fsp3) is 0.500. The van der Waals surface area contributed by atoms with Crippen molar-refractivity contribution in [2.24, 2.45) is 0 Å². The molecule has 0 N–H and O–H groups in total. The molecule has 0 bridgehead atoms. The molecule has 0 saturated heterocycles. The van der Waals surface area contributed by atoms with E-state index < -0.39 is 0 Å². The summed E-state index contributed by atoms with van der Waals surface area (Å²) in [5, 5.41) is 0. The standard InChI is InChI=1S/C32H44N2/c1-7-9-11-12-13-14-16-30-29(15-10-8-2)31(27-19-23(3)17-24(4)20-27)34(33)32(30)28-21-25(5)18-26(6)22-28/h17-22H,7-16H2,1-6H3. The Morgan fingerprint density at radius 1 is 0.529 bits per heavy atom. The van der Waals surface area contributed by atoms with Gasteiger partial charge in [0.25, 0.3) is 0 Å². The topological polar surface area (TPSA) is 25.3 Å². The van der Waals surface area contributed by atoms with Gasteiger partial charge in [0, 0.05) is 22.3 Å². The lowest BCUT2D eigenvalue weighted by Crippen LogP contribution is -2.03. The van der Waals surface area contributed by atoms with E-state index in [1.54, 1.807) is 0 Å². The van der Waals surface area contributed by atoms with Crippen LogP contribution >= 0.6 is 0 Å². The zero-order valence-corrected chi connectivity index (χ0v) is 22.4. The Kier molecular flexibility index (Phi) is 9.45. The number of hydrogen-bond acceptors (Lipinski definition) is 0. The zero-order chi connectivity index (χ0) is 24.7. The minimum absolute atomic E-state index is 0.996. The van der Waals surface area contributed by atoms with E-state index in [4.69, 9.17) is 0 Å². The van der Waals surface area contributed by atoms with Gasteiger partial charge in [-0.15, -0.1) is 0 Å². The highest BCUT2D eigenvalue weighted by atomic mass is 15.2. The van der Waals surface area contributed by atoms with Gasteiger partial charge in [0.15, 0.2) is 0 Å². The molecule has 0 aromatic heterocycles. The molecule has 0 spiro atoms. The normalized spacial score (nSPS) is 14.0. The molecular weight excluding hydrogens is 412 g/mol. The summed E-state index contributed by atoms with van der Waals surface area (Å²) in [6.07, 6.45) is 12.0. The molecule has 1 aliphatic rings. The van der Waals surface area contributed by atoms with E-state index in [-0.39, 0.29) is 0 Å². The van der Waals surface area contributed by atoms with Crippen molar-refractivity contribution in [2.75, 3.05) is 0 Å². The quantitative estimate of drug-likeness (QED) is 0.224. The van der Waals surface area contributed by atoms with Crippen LogP contribution in [-0.4, -0.2) is 4.70 Å². The van der Waals surface area contributed by atoms with Crippen molar-refractivity contribution >= 4 is 11.4 Å². The number of benzene rings is 2. The molecule has 1 heterocycles. The predicted octanol–water partition coefficient (Wildman–Crippen LogP) is 10.0. The van der Waals surface area contributed by atoms with E-state index in [0.717, 1.165) is 48.2 Å². The van der Waals surface area contributed by atoms with E-state index in [0.29, 0.717) is 0 Å². The highest BCUT2D eigenvalue weighted by molar-refractivity contribution is 5.82. The maximum Gasteiger partial charge on any atom is 0.211 e. The first-order valence-electron chi connectivity index (χ1n) is 13.5. The number of aryl methyl sites for hydroxylation is 4. The fourth-order valence-electron chi connectivity index (χ4n) is 5.44. The van der Waals surface area contributed by atoms with E-state index in [9.17, 15) is 5.53 Å². The Bertz CT molecular complexity index is 1040. The smallest absolute Gasteiger partial charge is 0.211 e. The van der Waals surface area contributed by atoms with Crippen molar-refractivity contribution < 1.29 is 4.70 Å². The molecule has 2 heteroatoms. The first kappa shape index (κ1) is 26.1. The third-order valence-corrected chi connectivity index (χ3v) is 6.91. The lowest BCUT2D eigenvalue weighted by Gasteiger charge is -2.12. The van der Waals surface area contributed by atoms with Crippen LogP contribution in [0, 0.1) is 27.7 Å². The first-order chi connectivity index (χ1) is 16.3. The van der Waals surface area contributed by atoms with Crippen LogP contribution < -0.4 is 0 Å². The summed E-state index contributed by atoms with van der Waals surface area (Å²) in [6.45, 7) is 13.1. The molecule has 0 fully saturated rings. The average Bonchev–Trinajstić information content (AvgIpc) is 3.04. The molecule has 34 heavy (non-hydrogen) atoms. The van der Waals surface area contributed by atoms with Gasteiger partial charge in [-0.3, -0.25) is 0 Å². The lowest BCUT2D eigenvalue weighted by atomic mass is 9.91. The summed E-state index contributed by atoms with van der Waals surface area (Å²) in [6, 6.07) is 13.3. The van der Waals surface area contributed by atoms with Crippen LogP contribution in [0.2, 0.25) is 0 Å². The Hall–Kier alpha value is -2.48. The van der Waals surface area contributed by atoms with Crippen molar-refractivity contribution in [3.8, 4) is 0 Å². The van der Waals surface area contributed by atoms with E-state index >= 15 is 0 Å². The minimum atomic E-state index is 0.996. The van der Waals surface area contributed by atoms with Crippen molar-refractivity contribution in [3.05, 3.63) is 86.5 Å². The number of unbranched alkanes of at least 4 members (excludes halogenated alkanes) is 6. The van der Waals surface area contributed by atoms with Gasteiger partial charge in [-0.2, -0.15) is 0 Å². The largest absolute Gasteiger partial charge is 0.493 e. The molecule has 0 radical (unpaired) electrons. The van der Waals surface area contributed by atoms with Gasteiger partial charge in [-0.1, -0.05) is 86.8 Å². The number of nitrogens with zero attached hydrogens (tertiary/aromatic N) is 2. The third kappa shape index (κ3) is 6.34. The summed E-state index contributed by atoms with van der Waals surface area (Å²) < 4.78 is 1.53. The lowest BCUT2D eigenvalue weighted by molar-refractivity contribution is -0.345. The number of hydrogen-bond donors (Lipinski definition) is 0. The molecule has 3 rings (SSSR count). The summed E-state index contributed by atoms with van der Waals surface area (Å²) >= 11 is 0. The second-order valence-corrected chi connectivity index (χ2v) is 10.3. The van der Waals surface area contributed by atoms with Crippen LogP contribution in [0.1, 0.15) is 111 Å². The summed E-state index contributed by atoms with van der Waals surface area (Å²) in [7, 11) is 0. The SMILES string of the molecule is CCCCCCCCC1=C(c2cc(C)cc(C)c2)[N+](=[N-])C(c2cc(C)cc(C)c2)=C1CCCC. The van der Waals surface area contributed by atoms with Crippen LogP contribution in [0.25, 0.3) is 16.9 Å². The predicted molar refractivity (Wildman–Crippen MR) is 147 cm³/mol. The highest BCUT2D eigenvalue weighted by Gasteiger charge is 2.35. The second-order valence-electron chi connectivity index (χ2n) is 10.3. The molecule has 1 aliphatic heterocycles. The molecule has 182 valence electrons. The van der Waals surface area contributed by atoms with Crippen LogP contribution in [0.3, 0.4) is 0 Å². The Balaban J connectivity index is 2.09. The second kappa shape index (κ2) is 12.3. The average molecular weight is 457 g/mol. The number of allylic oxidation sites excluding steroid dienone is 2. The van der Waals surface area contributed by atoms with E-state index in [2.05, 4.69) is 77.9 Å². The fourth-order valence-corrected chi connectivity index (χ4v) is 5.44. The summed E-state index contributed by atoms with van der Waals surface area (Å²) in [5.74, 6) is 0. The maximum absolute atomic E-state index is 11.7. The zero-order valence-electron chi connectivity index (χ0n) is 22.4. The van der Waals surface area contributed by atoms with Crippen molar-refractivity contribution in [1.82, 2.24) is 0 Å². The highest BCUT2D eigenvalue weighted by Crippen LogP contribution is 2.45. The van der Waals surface area contributed by atoms with Gasteiger partial charge in [0.1, 0.15) is 0 Å². The molecule has 0 aliphatic carbocycles. The molecule has 0 unspecified atom stereocenters. The molecule has 0 atom stereocenters. The third-order valence-electron chi connectivity index (χ3n) is 6.91. The minimum Gasteiger partial charge on any atom is -0.493 e. The van der Waals surface area contributed by atoms with Crippen molar-refractivity contribution in [3.63, 3.8) is 0 Å². The van der Waals surface area contributed by atoms with E-state index in [1.165, 1.54) is 76.6 Å². The molecule has 2 aromatic carbocycles. The van der Waals surface area contributed by atoms with Crippen LogP contribution in [-0.2, 0) is 0 Å². The molecule has 2 aromatic rings. The number of rotatable bonds is 12. The molecule has 0 saturated carbocycles. The monoisotopic (exact) mass is 456 g/mol. The van der Waals surface area contributed by atoms with Gasteiger partial charge in [0.2, 0.25) is 11.4 Å². The van der Waals surface area contributed by atoms with Crippen molar-refractivity contribution in [1.29, 1.82) is 0 Å². The van der Waals surface area contributed by atoms with Gasteiger partial charge < -0.3 is 5.53 Å². The van der Waals surface area contributed by atoms with Crippen molar-refractivity contribution in [2.45, 2.75) is 106 Å². The van der Waals surface area contributed by atoms with Gasteiger partial charge in [-0.25, -0.2) is 4.70 Å². The maximum atomic E-state index is 11.7. The molecular formula is C32H44N2. The van der Waals surface area contributed by atoms with E-state index in [1.807, 2.05) is 0 Å². The van der Waals surface area contributed by atoms with Gasteiger partial charge >= 0.3 is 0 Å². The molecule has 2 nitrogen and oxygen atoms in total. The van der Waals surface area contributed by atoms with Gasteiger partial charge in [-0.05, 0) is 77.6 Å². The summed E-state index contributed by atoms with van der Waals surface area (Å²) in [4.78, 5) is 0. The Labute approximate surface area is 208 Å².